The fourth-order valence-corrected chi connectivity index (χ4v) is 3.25. The maximum Gasteiger partial charge on any atom is 0.210 e. The minimum Gasteiger partial charge on any atom is -0.478 e. The van der Waals surface area contributed by atoms with E-state index in [1.54, 1.807) is 44.2 Å². The van der Waals surface area contributed by atoms with Gasteiger partial charge in [0.05, 0.1) is 16.9 Å². The van der Waals surface area contributed by atoms with E-state index in [2.05, 4.69) is 0 Å². The normalized spacial score (nSPS) is 17.5. The number of Topliss-reactive ketones (excluding diaryl/α,β-unsaturated/α-hetero) is 1. The van der Waals surface area contributed by atoms with Gasteiger partial charge in [0.2, 0.25) is 5.78 Å². The third-order valence-electron chi connectivity index (χ3n) is 3.99. The van der Waals surface area contributed by atoms with Crippen LogP contribution in [0.15, 0.2) is 48.5 Å². The molecule has 0 aliphatic carbocycles. The van der Waals surface area contributed by atoms with E-state index >= 15 is 0 Å². The molecule has 0 fully saturated rings. The molecule has 1 atom stereocenters. The lowest BCUT2D eigenvalue weighted by Gasteiger charge is -2.18. The number of ketones is 1. The van der Waals surface area contributed by atoms with Crippen molar-refractivity contribution in [3.05, 3.63) is 71.0 Å². The van der Waals surface area contributed by atoms with Gasteiger partial charge in [0.25, 0.3) is 0 Å². The number of carbonyl (C=O) groups is 1. The first-order valence-electron chi connectivity index (χ1n) is 7.69. The minimum absolute atomic E-state index is 0.158. The number of hydrogen-bond donors (Lipinski definition) is 1. The summed E-state index contributed by atoms with van der Waals surface area (Å²) in [4.78, 5) is 12.8. The first kappa shape index (κ1) is 17.5. The monoisotopic (exact) mass is 360 g/mol. The van der Waals surface area contributed by atoms with Crippen molar-refractivity contribution in [2.45, 2.75) is 25.2 Å². The van der Waals surface area contributed by atoms with E-state index < -0.39 is 22.5 Å². The lowest BCUT2D eigenvalue weighted by Crippen LogP contribution is -2.29. The van der Waals surface area contributed by atoms with E-state index in [4.69, 9.17) is 9.29 Å². The van der Waals surface area contributed by atoms with Crippen molar-refractivity contribution in [2.75, 3.05) is 0 Å². The van der Waals surface area contributed by atoms with E-state index in [9.17, 15) is 13.4 Å². The Kier molecular flexibility index (Phi) is 4.58. The maximum absolute atomic E-state index is 14.6. The number of hydrogen-bond acceptors (Lipinski definition) is 3. The molecule has 1 heterocycles. The standard InChI is InChI=1S/C19H17FO4S/c1-19(2)18(21)16(13-6-4-3-5-7-13)17(24-19)14-9-8-12(10-15(14)20)11-25(22)23/h3-10H,11H2,1-2H3,(H,22,23). The molecule has 0 saturated carbocycles. The molecule has 0 aromatic heterocycles. The number of ether oxygens (including phenoxy) is 1. The average molecular weight is 360 g/mol. The molecule has 1 unspecified atom stereocenters. The fourth-order valence-electron chi connectivity index (χ4n) is 2.79. The molecule has 0 radical (unpaired) electrons. The van der Waals surface area contributed by atoms with Gasteiger partial charge in [-0.25, -0.2) is 8.60 Å². The predicted molar refractivity (Wildman–Crippen MR) is 94.3 cm³/mol. The highest BCUT2D eigenvalue weighted by atomic mass is 32.2. The van der Waals surface area contributed by atoms with Crippen LogP contribution in [0.4, 0.5) is 4.39 Å². The Morgan fingerprint density at radius 3 is 2.44 bits per heavy atom. The van der Waals surface area contributed by atoms with Gasteiger partial charge in [-0.3, -0.25) is 4.79 Å². The van der Waals surface area contributed by atoms with Crippen molar-refractivity contribution in [2.24, 2.45) is 0 Å². The quantitative estimate of drug-likeness (QED) is 0.843. The Bertz CT molecular complexity index is 888. The zero-order valence-electron chi connectivity index (χ0n) is 13.8. The van der Waals surface area contributed by atoms with E-state index in [-0.39, 0.29) is 22.9 Å². The number of benzene rings is 2. The van der Waals surface area contributed by atoms with Crippen molar-refractivity contribution in [1.29, 1.82) is 0 Å². The molecule has 2 aromatic carbocycles. The molecule has 0 bridgehead atoms. The van der Waals surface area contributed by atoms with Gasteiger partial charge in [-0.05, 0) is 37.1 Å². The maximum atomic E-state index is 14.6. The van der Waals surface area contributed by atoms with Gasteiger partial charge in [0.1, 0.15) is 11.6 Å². The summed E-state index contributed by atoms with van der Waals surface area (Å²) in [6, 6.07) is 13.2. The summed E-state index contributed by atoms with van der Waals surface area (Å²) in [6.07, 6.45) is 0. The van der Waals surface area contributed by atoms with Gasteiger partial charge in [-0.2, -0.15) is 0 Å². The van der Waals surface area contributed by atoms with Gasteiger partial charge in [0.15, 0.2) is 16.7 Å². The van der Waals surface area contributed by atoms with Crippen LogP contribution in [-0.4, -0.2) is 20.1 Å². The van der Waals surface area contributed by atoms with Crippen molar-refractivity contribution in [3.63, 3.8) is 0 Å². The van der Waals surface area contributed by atoms with Crippen LogP contribution in [0.2, 0.25) is 0 Å². The van der Waals surface area contributed by atoms with Crippen molar-refractivity contribution in [1.82, 2.24) is 0 Å². The second-order valence-electron chi connectivity index (χ2n) is 6.29. The SMILES string of the molecule is CC1(C)OC(c2ccc(CS(=O)O)cc2F)=C(c2ccccc2)C1=O. The van der Waals surface area contributed by atoms with Gasteiger partial charge in [-0.15, -0.1) is 0 Å². The third-order valence-corrected chi connectivity index (χ3v) is 4.57. The van der Waals surface area contributed by atoms with Crippen molar-refractivity contribution >= 4 is 28.2 Å². The van der Waals surface area contributed by atoms with Crippen LogP contribution in [0.25, 0.3) is 11.3 Å². The molecule has 4 nitrogen and oxygen atoms in total. The van der Waals surface area contributed by atoms with E-state index in [1.165, 1.54) is 12.1 Å². The molecule has 0 spiro atoms. The number of carbonyl (C=O) groups excluding carboxylic acids is 1. The molecule has 25 heavy (non-hydrogen) atoms. The zero-order chi connectivity index (χ0) is 18.2. The van der Waals surface area contributed by atoms with Gasteiger partial charge < -0.3 is 9.29 Å². The second-order valence-corrected chi connectivity index (χ2v) is 7.22. The van der Waals surface area contributed by atoms with Crippen LogP contribution >= 0.6 is 0 Å². The van der Waals surface area contributed by atoms with Crippen LogP contribution < -0.4 is 0 Å². The van der Waals surface area contributed by atoms with Crippen LogP contribution in [0.3, 0.4) is 0 Å². The molecule has 130 valence electrons. The Morgan fingerprint density at radius 2 is 1.84 bits per heavy atom. The molecular weight excluding hydrogens is 343 g/mol. The summed E-state index contributed by atoms with van der Waals surface area (Å²) in [5, 5.41) is 0. The highest BCUT2D eigenvalue weighted by Crippen LogP contribution is 2.41. The van der Waals surface area contributed by atoms with E-state index in [1.807, 2.05) is 6.07 Å². The topological polar surface area (TPSA) is 63.6 Å². The molecule has 1 aliphatic heterocycles. The Hall–Kier alpha value is -2.31. The first-order chi connectivity index (χ1) is 11.8. The Morgan fingerprint density at radius 1 is 1.16 bits per heavy atom. The molecule has 0 amide bonds. The van der Waals surface area contributed by atoms with Crippen LogP contribution in [-0.2, 0) is 26.4 Å². The average Bonchev–Trinajstić information content (AvgIpc) is 2.78. The van der Waals surface area contributed by atoms with Crippen molar-refractivity contribution in [3.8, 4) is 0 Å². The van der Waals surface area contributed by atoms with Crippen LogP contribution in [0.1, 0.15) is 30.5 Å². The minimum atomic E-state index is -2.05. The van der Waals surface area contributed by atoms with E-state index in [0.29, 0.717) is 16.7 Å². The number of rotatable bonds is 4. The van der Waals surface area contributed by atoms with Crippen LogP contribution in [0.5, 0.6) is 0 Å². The Labute approximate surface area is 147 Å². The summed E-state index contributed by atoms with van der Waals surface area (Å²) in [7, 11) is 0. The third kappa shape index (κ3) is 3.41. The molecule has 1 N–H and O–H groups in total. The molecule has 2 aromatic rings. The molecule has 1 aliphatic rings. The smallest absolute Gasteiger partial charge is 0.210 e. The predicted octanol–water partition coefficient (Wildman–Crippen LogP) is 3.79. The lowest BCUT2D eigenvalue weighted by atomic mass is 9.92. The summed E-state index contributed by atoms with van der Waals surface area (Å²) in [5.41, 5.74) is 0.465. The lowest BCUT2D eigenvalue weighted by molar-refractivity contribution is -0.125. The summed E-state index contributed by atoms with van der Waals surface area (Å²) in [5.74, 6) is -0.784. The second kappa shape index (κ2) is 6.54. The molecule has 6 heteroatoms. The van der Waals surface area contributed by atoms with Gasteiger partial charge >= 0.3 is 0 Å². The van der Waals surface area contributed by atoms with Crippen LogP contribution in [0, 0.1) is 5.82 Å². The summed E-state index contributed by atoms with van der Waals surface area (Å²) in [6.45, 7) is 3.29. The highest BCUT2D eigenvalue weighted by Gasteiger charge is 2.43. The van der Waals surface area contributed by atoms with Crippen molar-refractivity contribution < 1.29 is 22.7 Å². The summed E-state index contributed by atoms with van der Waals surface area (Å²) >= 11 is -2.05. The van der Waals surface area contributed by atoms with Gasteiger partial charge in [0, 0.05) is 0 Å². The fraction of sp³-hybridized carbons (Fsp3) is 0.211. The summed E-state index contributed by atoms with van der Waals surface area (Å²) < 4.78 is 40.3. The highest BCUT2D eigenvalue weighted by molar-refractivity contribution is 7.78. The van der Waals surface area contributed by atoms with Gasteiger partial charge in [-0.1, -0.05) is 36.4 Å². The number of halogens is 1. The zero-order valence-corrected chi connectivity index (χ0v) is 14.6. The molecule has 3 rings (SSSR count). The Balaban J connectivity index is 2.14. The molecule has 0 saturated heterocycles. The largest absolute Gasteiger partial charge is 0.478 e. The first-order valence-corrected chi connectivity index (χ1v) is 8.97. The van der Waals surface area contributed by atoms with E-state index in [0.717, 1.165) is 0 Å². The molecular formula is C19H17FO4S.